The highest BCUT2D eigenvalue weighted by Crippen LogP contribution is 2.37. The number of nitrogens with zero attached hydrogens (tertiary/aromatic N) is 3. The predicted octanol–water partition coefficient (Wildman–Crippen LogP) is 5.05. The number of halogens is 4. The van der Waals surface area contributed by atoms with Crippen LogP contribution in [0, 0.1) is 10.1 Å². The molecule has 1 aromatic heterocycles. The predicted molar refractivity (Wildman–Crippen MR) is 107 cm³/mol. The van der Waals surface area contributed by atoms with Crippen LogP contribution in [-0.2, 0) is 13.2 Å². The highest BCUT2D eigenvalue weighted by Gasteiger charge is 2.40. The number of amides is 1. The molecule has 1 amide bonds. The molecule has 0 bridgehead atoms. The van der Waals surface area contributed by atoms with Crippen molar-refractivity contribution >= 4 is 28.9 Å². The van der Waals surface area contributed by atoms with Gasteiger partial charge >= 0.3 is 6.18 Å². The number of anilines is 1. The maximum atomic E-state index is 13.1. The largest absolute Gasteiger partial charge is 0.493 e. The van der Waals surface area contributed by atoms with Crippen molar-refractivity contribution in [2.75, 3.05) is 12.4 Å². The first-order valence-electron chi connectivity index (χ1n) is 8.72. The van der Waals surface area contributed by atoms with Gasteiger partial charge in [0.15, 0.2) is 22.9 Å². The number of nitrogens with one attached hydrogen (secondary N) is 1. The second-order valence-electron chi connectivity index (χ2n) is 6.31. The van der Waals surface area contributed by atoms with Crippen LogP contribution < -0.4 is 14.8 Å². The summed E-state index contributed by atoms with van der Waals surface area (Å²) in [4.78, 5) is 23.1. The number of para-hydroxylation sites is 2. The molecule has 32 heavy (non-hydrogen) atoms. The van der Waals surface area contributed by atoms with Crippen molar-refractivity contribution in [2.24, 2.45) is 7.05 Å². The van der Waals surface area contributed by atoms with E-state index in [1.807, 2.05) is 0 Å². The van der Waals surface area contributed by atoms with Gasteiger partial charge in [-0.25, -0.2) is 0 Å². The zero-order valence-corrected chi connectivity index (χ0v) is 17.2. The van der Waals surface area contributed by atoms with Crippen molar-refractivity contribution in [3.05, 3.63) is 69.0 Å². The Morgan fingerprint density at radius 3 is 2.44 bits per heavy atom. The van der Waals surface area contributed by atoms with Crippen molar-refractivity contribution in [1.29, 1.82) is 0 Å². The lowest BCUT2D eigenvalue weighted by Crippen LogP contribution is -2.13. The molecule has 13 heteroatoms. The highest BCUT2D eigenvalue weighted by atomic mass is 35.5. The van der Waals surface area contributed by atoms with Crippen molar-refractivity contribution < 1.29 is 32.4 Å². The summed E-state index contributed by atoms with van der Waals surface area (Å²) in [5.41, 5.74) is -2.55. The van der Waals surface area contributed by atoms with Gasteiger partial charge in [0, 0.05) is 19.2 Å². The zero-order valence-electron chi connectivity index (χ0n) is 16.4. The molecule has 0 fully saturated rings. The van der Waals surface area contributed by atoms with Crippen molar-refractivity contribution in [3.8, 4) is 17.2 Å². The third-order valence-corrected chi connectivity index (χ3v) is 4.49. The van der Waals surface area contributed by atoms with Gasteiger partial charge in [-0.1, -0.05) is 23.7 Å². The summed E-state index contributed by atoms with van der Waals surface area (Å²) < 4.78 is 50.5. The van der Waals surface area contributed by atoms with E-state index in [0.717, 1.165) is 19.2 Å². The Labute approximate surface area is 183 Å². The first-order chi connectivity index (χ1) is 15.0. The van der Waals surface area contributed by atoms with Gasteiger partial charge in [0.1, 0.15) is 10.8 Å². The molecule has 168 valence electrons. The normalized spacial score (nSPS) is 11.2. The SMILES string of the molecule is COc1ccccc1Oc1cc(NC(=O)c2nn(C)c(C(F)(F)F)c2Cl)cc([N+](=O)[O-])c1. The molecule has 2 aromatic carbocycles. The third kappa shape index (κ3) is 4.75. The molecule has 3 rings (SSSR count). The van der Waals surface area contributed by atoms with E-state index in [1.165, 1.54) is 13.2 Å². The fourth-order valence-corrected chi connectivity index (χ4v) is 3.14. The Morgan fingerprint density at radius 2 is 1.88 bits per heavy atom. The van der Waals surface area contributed by atoms with Crippen LogP contribution in [0.25, 0.3) is 0 Å². The molecule has 1 N–H and O–H groups in total. The molecule has 3 aromatic rings. The maximum Gasteiger partial charge on any atom is 0.434 e. The van der Waals surface area contributed by atoms with Gasteiger partial charge in [-0.2, -0.15) is 18.3 Å². The molecular formula is C19H14ClF3N4O5. The van der Waals surface area contributed by atoms with Crippen LogP contribution in [0.4, 0.5) is 24.5 Å². The molecule has 0 aliphatic rings. The molecular weight excluding hydrogens is 457 g/mol. The van der Waals surface area contributed by atoms with E-state index in [1.54, 1.807) is 24.3 Å². The minimum Gasteiger partial charge on any atom is -0.493 e. The van der Waals surface area contributed by atoms with Gasteiger partial charge in [0.05, 0.1) is 23.8 Å². The number of aromatic nitrogens is 2. The lowest BCUT2D eigenvalue weighted by Gasteiger charge is -2.11. The zero-order chi connectivity index (χ0) is 23.6. The number of rotatable bonds is 6. The van der Waals surface area contributed by atoms with Gasteiger partial charge in [-0.15, -0.1) is 0 Å². The summed E-state index contributed by atoms with van der Waals surface area (Å²) in [6.45, 7) is 0. The first-order valence-corrected chi connectivity index (χ1v) is 9.10. The number of alkyl halides is 3. The number of carbonyl (C=O) groups is 1. The van der Waals surface area contributed by atoms with Gasteiger partial charge in [0.2, 0.25) is 0 Å². The number of non-ortho nitro benzene ring substituents is 1. The lowest BCUT2D eigenvalue weighted by atomic mass is 10.2. The Morgan fingerprint density at radius 1 is 1.22 bits per heavy atom. The number of nitro benzene ring substituents is 1. The fourth-order valence-electron chi connectivity index (χ4n) is 2.79. The maximum absolute atomic E-state index is 13.1. The van der Waals surface area contributed by atoms with Crippen LogP contribution >= 0.6 is 11.6 Å². The Balaban J connectivity index is 1.95. The number of hydrogen-bond donors (Lipinski definition) is 1. The van der Waals surface area contributed by atoms with E-state index < -0.39 is 39.1 Å². The van der Waals surface area contributed by atoms with Crippen molar-refractivity contribution in [2.45, 2.75) is 6.18 Å². The molecule has 1 heterocycles. The second kappa shape index (κ2) is 8.75. The van der Waals surface area contributed by atoms with Crippen LogP contribution in [0.2, 0.25) is 5.02 Å². The minimum atomic E-state index is -4.83. The Hall–Kier alpha value is -3.80. The lowest BCUT2D eigenvalue weighted by molar-refractivity contribution is -0.384. The average molecular weight is 471 g/mol. The second-order valence-corrected chi connectivity index (χ2v) is 6.69. The summed E-state index contributed by atoms with van der Waals surface area (Å²) in [6, 6.07) is 9.87. The fraction of sp³-hybridized carbons (Fsp3) is 0.158. The molecule has 0 saturated carbocycles. The number of methoxy groups -OCH3 is 1. The number of hydrogen-bond acceptors (Lipinski definition) is 6. The van der Waals surface area contributed by atoms with Crippen molar-refractivity contribution in [1.82, 2.24) is 9.78 Å². The quantitative estimate of drug-likeness (QED) is 0.399. The summed E-state index contributed by atoms with van der Waals surface area (Å²) in [7, 11) is 2.39. The third-order valence-electron chi connectivity index (χ3n) is 4.13. The van der Waals surface area contributed by atoms with Crippen molar-refractivity contribution in [3.63, 3.8) is 0 Å². The summed E-state index contributed by atoms with van der Waals surface area (Å²) in [5, 5.41) is 16.2. The van der Waals surface area contributed by atoms with Crippen LogP contribution in [0.3, 0.4) is 0 Å². The number of benzene rings is 2. The number of ether oxygens (including phenoxy) is 2. The monoisotopic (exact) mass is 470 g/mol. The summed E-state index contributed by atoms with van der Waals surface area (Å²) in [5.74, 6) is -0.521. The molecule has 0 spiro atoms. The molecule has 0 saturated heterocycles. The van der Waals surface area contributed by atoms with Crippen LogP contribution in [0.1, 0.15) is 16.2 Å². The molecule has 0 aliphatic carbocycles. The number of nitro groups is 1. The van der Waals surface area contributed by atoms with Gasteiger partial charge in [-0.05, 0) is 12.1 Å². The van der Waals surface area contributed by atoms with E-state index in [4.69, 9.17) is 21.1 Å². The topological polar surface area (TPSA) is 109 Å². The molecule has 0 unspecified atom stereocenters. The standard InChI is InChI=1S/C19H14ClF3N4O5/c1-26-17(19(21,22)23)15(20)16(25-26)18(28)24-10-7-11(27(29)30)9-12(8-10)32-14-6-4-3-5-13(14)31-2/h3-9H,1-2H3,(H,24,28). The van der Waals surface area contributed by atoms with E-state index in [0.29, 0.717) is 10.4 Å². The Kier molecular flexibility index (Phi) is 6.25. The molecule has 0 atom stereocenters. The van der Waals surface area contributed by atoms with Crippen LogP contribution in [-0.4, -0.2) is 27.7 Å². The van der Waals surface area contributed by atoms with E-state index in [9.17, 15) is 28.1 Å². The summed E-state index contributed by atoms with van der Waals surface area (Å²) in [6.07, 6.45) is -4.83. The van der Waals surface area contributed by atoms with Gasteiger partial charge < -0.3 is 14.8 Å². The van der Waals surface area contributed by atoms with Gasteiger partial charge in [-0.3, -0.25) is 19.6 Å². The first kappa shape index (κ1) is 22.9. The van der Waals surface area contributed by atoms with E-state index >= 15 is 0 Å². The van der Waals surface area contributed by atoms with E-state index in [2.05, 4.69) is 10.4 Å². The van der Waals surface area contributed by atoms with Crippen LogP contribution in [0.15, 0.2) is 42.5 Å². The summed E-state index contributed by atoms with van der Waals surface area (Å²) >= 11 is 5.72. The van der Waals surface area contributed by atoms with Gasteiger partial charge in [0.25, 0.3) is 11.6 Å². The Bertz CT molecular complexity index is 1200. The van der Waals surface area contributed by atoms with Crippen LogP contribution in [0.5, 0.6) is 17.2 Å². The smallest absolute Gasteiger partial charge is 0.434 e. The molecule has 0 aliphatic heterocycles. The molecule has 0 radical (unpaired) electrons. The van der Waals surface area contributed by atoms with E-state index in [-0.39, 0.29) is 17.2 Å². The number of aryl methyl sites for hydroxylation is 1. The molecule has 9 nitrogen and oxygen atoms in total. The average Bonchev–Trinajstić information content (AvgIpc) is 3.02. The minimum absolute atomic E-state index is 0.0258. The number of carbonyl (C=O) groups excluding carboxylic acids is 1. The highest BCUT2D eigenvalue weighted by molar-refractivity contribution is 6.34.